The van der Waals surface area contributed by atoms with Crippen LogP contribution in [0.2, 0.25) is 0 Å². The van der Waals surface area contributed by atoms with Crippen molar-refractivity contribution in [1.82, 2.24) is 0 Å². The lowest BCUT2D eigenvalue weighted by atomic mass is 9.98. The summed E-state index contributed by atoms with van der Waals surface area (Å²) >= 11 is 0. The summed E-state index contributed by atoms with van der Waals surface area (Å²) in [5.41, 5.74) is 2.94. The Labute approximate surface area is 117 Å². The van der Waals surface area contributed by atoms with Gasteiger partial charge in [-0.3, -0.25) is 4.79 Å². The lowest BCUT2D eigenvalue weighted by Gasteiger charge is -2.09. The Kier molecular flexibility index (Phi) is 2.36. The second kappa shape index (κ2) is 4.10. The number of hydrogen-bond donors (Lipinski definition) is 1. The molecule has 2 aromatic rings. The minimum Gasteiger partial charge on any atom is -0.489 e. The summed E-state index contributed by atoms with van der Waals surface area (Å²) in [6, 6.07) is 16.0. The van der Waals surface area contributed by atoms with Crippen molar-refractivity contribution >= 4 is 11.6 Å². The second-order valence-corrected chi connectivity index (χ2v) is 5.52. The van der Waals surface area contributed by atoms with Gasteiger partial charge in [-0.25, -0.2) is 0 Å². The van der Waals surface area contributed by atoms with Gasteiger partial charge in [-0.1, -0.05) is 30.3 Å². The molecule has 0 aromatic heterocycles. The van der Waals surface area contributed by atoms with Gasteiger partial charge in [0, 0.05) is 5.69 Å². The summed E-state index contributed by atoms with van der Waals surface area (Å²) in [5.74, 6) is 0.975. The molecule has 0 unspecified atom stereocenters. The highest BCUT2D eigenvalue weighted by molar-refractivity contribution is 6.08. The SMILES string of the molecule is O=C1Nc2ccc(OCc3ccccc3)cc2C12CC2. The van der Waals surface area contributed by atoms with Crippen LogP contribution in [0, 0.1) is 0 Å². The number of benzene rings is 2. The molecule has 20 heavy (non-hydrogen) atoms. The van der Waals surface area contributed by atoms with E-state index in [1.807, 2.05) is 48.5 Å². The molecule has 0 radical (unpaired) electrons. The third-order valence-electron chi connectivity index (χ3n) is 4.19. The molecule has 1 saturated carbocycles. The van der Waals surface area contributed by atoms with Crippen molar-refractivity contribution in [1.29, 1.82) is 0 Å². The maximum absolute atomic E-state index is 12.0. The number of carbonyl (C=O) groups is 1. The third-order valence-corrected chi connectivity index (χ3v) is 4.19. The van der Waals surface area contributed by atoms with Crippen LogP contribution < -0.4 is 10.1 Å². The average Bonchev–Trinajstić information content (AvgIpc) is 3.23. The standard InChI is InChI=1S/C17H15NO2/c19-16-17(8-9-17)14-10-13(6-7-15(14)18-16)20-11-12-4-2-1-3-5-12/h1-7,10H,8-9,11H2,(H,18,19). The highest BCUT2D eigenvalue weighted by Crippen LogP contribution is 2.55. The minimum atomic E-state index is -0.249. The van der Waals surface area contributed by atoms with Crippen LogP contribution in [0.25, 0.3) is 0 Å². The first-order valence-electron chi connectivity index (χ1n) is 6.91. The predicted molar refractivity (Wildman–Crippen MR) is 76.8 cm³/mol. The van der Waals surface area contributed by atoms with Crippen LogP contribution in [0.15, 0.2) is 48.5 Å². The van der Waals surface area contributed by atoms with E-state index < -0.39 is 0 Å². The van der Waals surface area contributed by atoms with E-state index in [0.717, 1.165) is 35.4 Å². The Morgan fingerprint density at radius 3 is 2.65 bits per heavy atom. The van der Waals surface area contributed by atoms with Gasteiger partial charge in [-0.15, -0.1) is 0 Å². The molecule has 0 bridgehead atoms. The number of amides is 1. The molecule has 1 heterocycles. The topological polar surface area (TPSA) is 38.3 Å². The molecule has 1 fully saturated rings. The van der Waals surface area contributed by atoms with Crippen molar-refractivity contribution in [2.24, 2.45) is 0 Å². The Hall–Kier alpha value is -2.29. The first-order chi connectivity index (χ1) is 9.78. The van der Waals surface area contributed by atoms with Gasteiger partial charge in [-0.05, 0) is 42.2 Å². The van der Waals surface area contributed by atoms with Crippen LogP contribution in [0.1, 0.15) is 24.0 Å². The quantitative estimate of drug-likeness (QED) is 0.925. The van der Waals surface area contributed by atoms with Gasteiger partial charge in [0.15, 0.2) is 0 Å². The van der Waals surface area contributed by atoms with E-state index in [0.29, 0.717) is 6.61 Å². The van der Waals surface area contributed by atoms with Crippen molar-refractivity contribution in [3.8, 4) is 5.75 Å². The van der Waals surface area contributed by atoms with E-state index in [1.54, 1.807) is 0 Å². The Morgan fingerprint density at radius 1 is 1.10 bits per heavy atom. The smallest absolute Gasteiger partial charge is 0.235 e. The number of nitrogens with one attached hydrogen (secondary N) is 1. The first-order valence-corrected chi connectivity index (χ1v) is 6.91. The minimum absolute atomic E-state index is 0.146. The first kappa shape index (κ1) is 11.5. The van der Waals surface area contributed by atoms with Crippen molar-refractivity contribution in [2.45, 2.75) is 24.9 Å². The van der Waals surface area contributed by atoms with E-state index >= 15 is 0 Å². The Morgan fingerprint density at radius 2 is 1.90 bits per heavy atom. The Bertz CT molecular complexity index is 675. The summed E-state index contributed by atoms with van der Waals surface area (Å²) in [5, 5.41) is 2.96. The average molecular weight is 265 g/mol. The van der Waals surface area contributed by atoms with Gasteiger partial charge >= 0.3 is 0 Å². The van der Waals surface area contributed by atoms with Gasteiger partial charge < -0.3 is 10.1 Å². The normalized spacial score (nSPS) is 17.7. The molecule has 1 amide bonds. The van der Waals surface area contributed by atoms with Crippen LogP contribution >= 0.6 is 0 Å². The van der Waals surface area contributed by atoms with E-state index in [1.165, 1.54) is 0 Å². The van der Waals surface area contributed by atoms with E-state index in [2.05, 4.69) is 5.32 Å². The fourth-order valence-corrected chi connectivity index (χ4v) is 2.84. The van der Waals surface area contributed by atoms with Crippen LogP contribution in [-0.2, 0) is 16.8 Å². The highest BCUT2D eigenvalue weighted by Gasteiger charge is 2.56. The van der Waals surface area contributed by atoms with Gasteiger partial charge in [0.05, 0.1) is 5.41 Å². The maximum atomic E-state index is 12.0. The molecular weight excluding hydrogens is 250 g/mol. The summed E-state index contributed by atoms with van der Waals surface area (Å²) in [4.78, 5) is 12.0. The third kappa shape index (κ3) is 1.70. The fraction of sp³-hybridized carbons (Fsp3) is 0.235. The van der Waals surface area contributed by atoms with Crippen molar-refractivity contribution in [3.63, 3.8) is 0 Å². The van der Waals surface area contributed by atoms with Crippen LogP contribution in [0.4, 0.5) is 5.69 Å². The molecule has 0 atom stereocenters. The number of fused-ring (bicyclic) bond motifs is 2. The summed E-state index contributed by atoms with van der Waals surface area (Å²) in [6.45, 7) is 0.550. The van der Waals surface area contributed by atoms with Crippen LogP contribution in [0.3, 0.4) is 0 Å². The van der Waals surface area contributed by atoms with Gasteiger partial charge in [0.1, 0.15) is 12.4 Å². The van der Waals surface area contributed by atoms with Crippen molar-refractivity contribution in [2.75, 3.05) is 5.32 Å². The highest BCUT2D eigenvalue weighted by atomic mass is 16.5. The molecule has 2 aromatic carbocycles. The zero-order valence-corrected chi connectivity index (χ0v) is 11.1. The number of anilines is 1. The van der Waals surface area contributed by atoms with E-state index in [9.17, 15) is 4.79 Å². The van der Waals surface area contributed by atoms with Crippen LogP contribution in [0.5, 0.6) is 5.75 Å². The molecule has 1 aliphatic heterocycles. The molecule has 0 saturated heterocycles. The Balaban J connectivity index is 1.57. The molecular formula is C17H15NO2. The maximum Gasteiger partial charge on any atom is 0.235 e. The van der Waals surface area contributed by atoms with Gasteiger partial charge in [-0.2, -0.15) is 0 Å². The van der Waals surface area contributed by atoms with Crippen molar-refractivity contribution in [3.05, 3.63) is 59.7 Å². The fourth-order valence-electron chi connectivity index (χ4n) is 2.84. The molecule has 1 N–H and O–H groups in total. The van der Waals surface area contributed by atoms with Crippen LogP contribution in [-0.4, -0.2) is 5.91 Å². The molecule has 100 valence electrons. The van der Waals surface area contributed by atoms with Crippen molar-refractivity contribution < 1.29 is 9.53 Å². The molecule has 3 heteroatoms. The summed E-state index contributed by atoms with van der Waals surface area (Å²) in [6.07, 6.45) is 1.90. The monoisotopic (exact) mass is 265 g/mol. The predicted octanol–water partition coefficient (Wildman–Crippen LogP) is 3.25. The summed E-state index contributed by atoms with van der Waals surface area (Å²) < 4.78 is 5.83. The molecule has 1 aliphatic carbocycles. The van der Waals surface area contributed by atoms with Gasteiger partial charge in [0.2, 0.25) is 5.91 Å². The number of carbonyl (C=O) groups excluding carboxylic acids is 1. The second-order valence-electron chi connectivity index (χ2n) is 5.52. The zero-order chi connectivity index (χ0) is 13.6. The number of ether oxygens (including phenoxy) is 1. The van der Waals surface area contributed by atoms with Gasteiger partial charge in [0.25, 0.3) is 0 Å². The lowest BCUT2D eigenvalue weighted by Crippen LogP contribution is -2.18. The molecule has 4 rings (SSSR count). The van der Waals surface area contributed by atoms with E-state index in [-0.39, 0.29) is 11.3 Å². The lowest BCUT2D eigenvalue weighted by molar-refractivity contribution is -0.117. The largest absolute Gasteiger partial charge is 0.489 e. The summed E-state index contributed by atoms with van der Waals surface area (Å²) in [7, 11) is 0. The molecule has 2 aliphatic rings. The number of hydrogen-bond acceptors (Lipinski definition) is 2. The number of rotatable bonds is 3. The molecule has 3 nitrogen and oxygen atoms in total. The molecule has 1 spiro atoms. The zero-order valence-electron chi connectivity index (χ0n) is 11.1. The van der Waals surface area contributed by atoms with E-state index in [4.69, 9.17) is 4.74 Å².